The van der Waals surface area contributed by atoms with Gasteiger partial charge in [-0.25, -0.2) is 0 Å². The molecule has 0 fully saturated rings. The van der Waals surface area contributed by atoms with E-state index in [9.17, 15) is 5.11 Å². The van der Waals surface area contributed by atoms with Crippen LogP contribution >= 0.6 is 0 Å². The minimum atomic E-state index is -0.169. The highest BCUT2D eigenvalue weighted by Gasteiger charge is 2.38. The molecule has 0 saturated heterocycles. The second-order valence-corrected chi connectivity index (χ2v) is 9.23. The molecule has 1 N–H and O–H groups in total. The lowest BCUT2D eigenvalue weighted by molar-refractivity contribution is 0.477. The monoisotopic (exact) mass is 427 g/mol. The normalized spacial score (nSPS) is 14.1. The zero-order valence-electron chi connectivity index (χ0n) is 18.8. The van der Waals surface area contributed by atoms with Crippen molar-refractivity contribution in [3.63, 3.8) is 0 Å². The van der Waals surface area contributed by atoms with Gasteiger partial charge in [0.2, 0.25) is 0 Å². The fourth-order valence-electron chi connectivity index (χ4n) is 5.25. The van der Waals surface area contributed by atoms with E-state index in [1.54, 1.807) is 6.07 Å². The Morgan fingerprint density at radius 3 is 2.15 bits per heavy atom. The number of rotatable bonds is 2. The first-order valence-corrected chi connectivity index (χ1v) is 11.4. The molecule has 0 radical (unpaired) electrons. The van der Waals surface area contributed by atoms with Crippen LogP contribution in [0.25, 0.3) is 21.9 Å². The molecule has 0 spiro atoms. The number of hydrogen-bond donors (Lipinski definition) is 1. The summed E-state index contributed by atoms with van der Waals surface area (Å²) in [6, 6.07) is 37.8. The lowest BCUT2D eigenvalue weighted by Gasteiger charge is -2.42. The molecule has 1 heterocycles. The highest BCUT2D eigenvalue weighted by molar-refractivity contribution is 6.03. The second kappa shape index (κ2) is 7.25. The Morgan fingerprint density at radius 1 is 0.606 bits per heavy atom. The molecule has 1 aliphatic rings. The zero-order valence-corrected chi connectivity index (χ0v) is 18.8. The molecule has 0 aromatic heterocycles. The van der Waals surface area contributed by atoms with Crippen LogP contribution in [0.15, 0.2) is 109 Å². The van der Waals surface area contributed by atoms with Gasteiger partial charge in [0.05, 0.1) is 17.1 Å². The largest absolute Gasteiger partial charge is 0.506 e. The van der Waals surface area contributed by atoms with Crippen molar-refractivity contribution < 1.29 is 5.11 Å². The number of benzene rings is 5. The van der Waals surface area contributed by atoms with Gasteiger partial charge in [0.1, 0.15) is 5.75 Å². The molecule has 0 saturated carbocycles. The van der Waals surface area contributed by atoms with Crippen molar-refractivity contribution in [1.82, 2.24) is 0 Å². The molecular weight excluding hydrogens is 402 g/mol. The standard InChI is InChI=1S/C31H25NO/c1-31(2)25-14-8-9-15-27(25)32(30-24-13-7-6-12-22(24)17-19-29(30)33)28-20-23(16-18-26(28)31)21-10-4-3-5-11-21/h3-20,33H,1-2H3. The number of anilines is 3. The predicted octanol–water partition coefficient (Wildman–Crippen LogP) is 8.32. The predicted molar refractivity (Wildman–Crippen MR) is 138 cm³/mol. The average molecular weight is 428 g/mol. The maximum Gasteiger partial charge on any atom is 0.140 e. The number of phenolic OH excluding ortho intramolecular Hbond substituents is 1. The lowest BCUT2D eigenvalue weighted by atomic mass is 9.73. The molecule has 5 aromatic carbocycles. The van der Waals surface area contributed by atoms with Crippen LogP contribution in [-0.4, -0.2) is 5.11 Å². The molecule has 0 amide bonds. The molecule has 1 aliphatic heterocycles. The minimum Gasteiger partial charge on any atom is -0.506 e. The fraction of sp³-hybridized carbons (Fsp3) is 0.0968. The van der Waals surface area contributed by atoms with Gasteiger partial charge in [0.25, 0.3) is 0 Å². The molecule has 0 atom stereocenters. The summed E-state index contributed by atoms with van der Waals surface area (Å²) in [7, 11) is 0. The fourth-order valence-corrected chi connectivity index (χ4v) is 5.25. The number of para-hydroxylation sites is 1. The zero-order chi connectivity index (χ0) is 22.6. The van der Waals surface area contributed by atoms with E-state index in [0.29, 0.717) is 0 Å². The van der Waals surface area contributed by atoms with Crippen LogP contribution in [0.2, 0.25) is 0 Å². The van der Waals surface area contributed by atoms with E-state index in [1.807, 2.05) is 24.3 Å². The summed E-state index contributed by atoms with van der Waals surface area (Å²) in [4.78, 5) is 2.25. The Bertz CT molecular complexity index is 1500. The van der Waals surface area contributed by atoms with Gasteiger partial charge in [-0.05, 0) is 45.8 Å². The molecule has 2 heteroatoms. The third-order valence-electron chi connectivity index (χ3n) is 6.94. The molecule has 5 aromatic rings. The van der Waals surface area contributed by atoms with Crippen molar-refractivity contribution in [3.8, 4) is 16.9 Å². The van der Waals surface area contributed by atoms with Gasteiger partial charge in [-0.15, -0.1) is 0 Å². The molecule has 6 rings (SSSR count). The Morgan fingerprint density at radius 2 is 1.30 bits per heavy atom. The van der Waals surface area contributed by atoms with Gasteiger partial charge in [-0.3, -0.25) is 0 Å². The smallest absolute Gasteiger partial charge is 0.140 e. The van der Waals surface area contributed by atoms with Gasteiger partial charge in [0, 0.05) is 10.8 Å². The summed E-state index contributed by atoms with van der Waals surface area (Å²) in [5.41, 5.74) is 7.69. The van der Waals surface area contributed by atoms with Crippen LogP contribution in [0.1, 0.15) is 25.0 Å². The average Bonchev–Trinajstić information content (AvgIpc) is 2.86. The van der Waals surface area contributed by atoms with E-state index in [2.05, 4.69) is 97.6 Å². The SMILES string of the molecule is CC1(C)c2ccccc2N(c2c(O)ccc3ccccc23)c2cc(-c3ccccc3)ccc21. The molecule has 33 heavy (non-hydrogen) atoms. The first-order chi connectivity index (χ1) is 16.1. The van der Waals surface area contributed by atoms with Crippen LogP contribution in [-0.2, 0) is 5.41 Å². The van der Waals surface area contributed by atoms with Crippen LogP contribution in [0, 0.1) is 0 Å². The van der Waals surface area contributed by atoms with Gasteiger partial charge in [-0.1, -0.05) is 105 Å². The lowest BCUT2D eigenvalue weighted by Crippen LogP contribution is -2.30. The molecule has 0 aliphatic carbocycles. The summed E-state index contributed by atoms with van der Waals surface area (Å²) in [5, 5.41) is 13.3. The number of aromatic hydroxyl groups is 1. The number of phenols is 1. The van der Waals surface area contributed by atoms with Crippen molar-refractivity contribution in [2.24, 2.45) is 0 Å². The molecule has 2 nitrogen and oxygen atoms in total. The first kappa shape index (κ1) is 19.6. The van der Waals surface area contributed by atoms with Gasteiger partial charge < -0.3 is 10.0 Å². The van der Waals surface area contributed by atoms with E-state index >= 15 is 0 Å². The van der Waals surface area contributed by atoms with E-state index in [0.717, 1.165) is 33.4 Å². The third-order valence-corrected chi connectivity index (χ3v) is 6.94. The summed E-state index contributed by atoms with van der Waals surface area (Å²) in [6.07, 6.45) is 0. The molecular formula is C31H25NO. The highest BCUT2D eigenvalue weighted by atomic mass is 16.3. The summed E-state index contributed by atoms with van der Waals surface area (Å²) >= 11 is 0. The second-order valence-electron chi connectivity index (χ2n) is 9.23. The topological polar surface area (TPSA) is 23.5 Å². The Hall–Kier alpha value is -4.04. The van der Waals surface area contributed by atoms with Crippen molar-refractivity contribution in [1.29, 1.82) is 0 Å². The third kappa shape index (κ3) is 2.95. The van der Waals surface area contributed by atoms with Crippen molar-refractivity contribution in [3.05, 3.63) is 120 Å². The summed E-state index contributed by atoms with van der Waals surface area (Å²) < 4.78 is 0. The quantitative estimate of drug-likeness (QED) is 0.306. The van der Waals surface area contributed by atoms with Gasteiger partial charge >= 0.3 is 0 Å². The number of hydrogen-bond acceptors (Lipinski definition) is 2. The van der Waals surface area contributed by atoms with E-state index in [1.165, 1.54) is 16.7 Å². The summed E-state index contributed by atoms with van der Waals surface area (Å²) in [6.45, 7) is 4.57. The Balaban J connectivity index is 1.71. The minimum absolute atomic E-state index is 0.169. The van der Waals surface area contributed by atoms with Crippen molar-refractivity contribution in [2.45, 2.75) is 19.3 Å². The van der Waals surface area contributed by atoms with Crippen LogP contribution < -0.4 is 4.90 Å². The number of nitrogens with zero attached hydrogens (tertiary/aromatic N) is 1. The van der Waals surface area contributed by atoms with Crippen molar-refractivity contribution in [2.75, 3.05) is 4.90 Å². The Labute approximate surface area is 194 Å². The maximum atomic E-state index is 11.2. The molecule has 0 bridgehead atoms. The Kier molecular flexibility index (Phi) is 4.31. The van der Waals surface area contributed by atoms with Gasteiger partial charge in [0.15, 0.2) is 0 Å². The van der Waals surface area contributed by atoms with E-state index < -0.39 is 0 Å². The summed E-state index contributed by atoms with van der Waals surface area (Å²) in [5.74, 6) is 0.277. The molecule has 0 unspecified atom stereocenters. The van der Waals surface area contributed by atoms with Crippen LogP contribution in [0.4, 0.5) is 17.1 Å². The first-order valence-electron chi connectivity index (χ1n) is 11.4. The van der Waals surface area contributed by atoms with E-state index in [-0.39, 0.29) is 11.2 Å². The molecule has 160 valence electrons. The number of fused-ring (bicyclic) bond motifs is 3. The maximum absolute atomic E-state index is 11.2. The highest BCUT2D eigenvalue weighted by Crippen LogP contribution is 2.55. The van der Waals surface area contributed by atoms with Crippen molar-refractivity contribution >= 4 is 27.8 Å². The van der Waals surface area contributed by atoms with Gasteiger partial charge in [-0.2, -0.15) is 0 Å². The van der Waals surface area contributed by atoms with Crippen LogP contribution in [0.3, 0.4) is 0 Å². The van der Waals surface area contributed by atoms with Crippen LogP contribution in [0.5, 0.6) is 5.75 Å². The van der Waals surface area contributed by atoms with E-state index in [4.69, 9.17) is 0 Å².